The van der Waals surface area contributed by atoms with E-state index in [-0.39, 0.29) is 0 Å². The third kappa shape index (κ3) is 3.81. The summed E-state index contributed by atoms with van der Waals surface area (Å²) in [4.78, 5) is 0. The molecule has 0 spiro atoms. The number of unbranched alkanes of at least 4 members (excludes halogenated alkanes) is 4. The van der Waals surface area contributed by atoms with Crippen molar-refractivity contribution in [3.63, 3.8) is 0 Å². The lowest BCUT2D eigenvalue weighted by atomic mass is 9.96. The van der Waals surface area contributed by atoms with E-state index < -0.39 is 5.79 Å². The van der Waals surface area contributed by atoms with E-state index in [2.05, 4.69) is 6.92 Å². The van der Waals surface area contributed by atoms with E-state index in [0.29, 0.717) is 12.0 Å². The predicted octanol–water partition coefficient (Wildman–Crippen LogP) is 4.34. The molecule has 2 N–H and O–H groups in total. The molecule has 0 heterocycles. The molecule has 0 radical (unpaired) electrons. The zero-order chi connectivity index (χ0) is 14.4. The van der Waals surface area contributed by atoms with Gasteiger partial charge < -0.3 is 10.2 Å². The number of fused-ring (bicyclic) bond motifs is 1. The van der Waals surface area contributed by atoms with Gasteiger partial charge in [-0.25, -0.2) is 0 Å². The zero-order valence-corrected chi connectivity index (χ0v) is 12.2. The summed E-state index contributed by atoms with van der Waals surface area (Å²) in [5, 5.41) is 22.7. The average Bonchev–Trinajstić information content (AvgIpc) is 2.46. The molecule has 0 aliphatic rings. The molecule has 0 aromatic heterocycles. The molecule has 2 rings (SSSR count). The van der Waals surface area contributed by atoms with E-state index in [0.717, 1.165) is 23.6 Å². The first kappa shape index (κ1) is 15.0. The summed E-state index contributed by atoms with van der Waals surface area (Å²) in [6, 6.07) is 13.6. The highest BCUT2D eigenvalue weighted by molar-refractivity contribution is 5.83. The molecule has 0 atom stereocenters. The molecule has 0 aliphatic carbocycles. The van der Waals surface area contributed by atoms with Gasteiger partial charge in [0.15, 0.2) is 5.79 Å². The predicted molar refractivity (Wildman–Crippen MR) is 83.4 cm³/mol. The molecule has 2 heteroatoms. The maximum Gasteiger partial charge on any atom is 0.189 e. The highest BCUT2D eigenvalue weighted by atomic mass is 16.5. The molecule has 0 bridgehead atoms. The second-order valence-corrected chi connectivity index (χ2v) is 5.54. The van der Waals surface area contributed by atoms with Gasteiger partial charge in [-0.15, -0.1) is 0 Å². The van der Waals surface area contributed by atoms with E-state index >= 15 is 0 Å². The molecule has 0 aliphatic heterocycles. The fourth-order valence-corrected chi connectivity index (χ4v) is 2.56. The van der Waals surface area contributed by atoms with Crippen molar-refractivity contribution in [3.8, 4) is 0 Å². The molecule has 0 unspecified atom stereocenters. The number of aliphatic hydroxyl groups is 2. The summed E-state index contributed by atoms with van der Waals surface area (Å²) >= 11 is 0. The highest BCUT2D eigenvalue weighted by Gasteiger charge is 2.25. The van der Waals surface area contributed by atoms with E-state index in [1.54, 1.807) is 0 Å². The van der Waals surface area contributed by atoms with Gasteiger partial charge in [0.05, 0.1) is 0 Å². The van der Waals surface area contributed by atoms with Gasteiger partial charge in [0, 0.05) is 12.0 Å². The Morgan fingerprint density at radius 2 is 1.55 bits per heavy atom. The maximum absolute atomic E-state index is 10.3. The Bertz CT molecular complexity index is 546. The first-order valence-corrected chi connectivity index (χ1v) is 7.57. The lowest BCUT2D eigenvalue weighted by Crippen LogP contribution is -2.24. The van der Waals surface area contributed by atoms with Crippen molar-refractivity contribution >= 4 is 10.8 Å². The molecule has 2 aromatic rings. The van der Waals surface area contributed by atoms with Crippen LogP contribution in [0.15, 0.2) is 42.5 Å². The Hall–Kier alpha value is -1.38. The van der Waals surface area contributed by atoms with Gasteiger partial charge in [-0.3, -0.25) is 0 Å². The first-order chi connectivity index (χ1) is 9.63. The van der Waals surface area contributed by atoms with E-state index in [9.17, 15) is 10.2 Å². The van der Waals surface area contributed by atoms with Crippen molar-refractivity contribution in [2.45, 2.75) is 51.2 Å². The lowest BCUT2D eigenvalue weighted by Gasteiger charge is -2.22. The quantitative estimate of drug-likeness (QED) is 0.581. The Labute approximate surface area is 121 Å². The van der Waals surface area contributed by atoms with Crippen molar-refractivity contribution < 1.29 is 10.2 Å². The van der Waals surface area contributed by atoms with Crippen LogP contribution in [0.2, 0.25) is 0 Å². The molecule has 0 saturated carbocycles. The van der Waals surface area contributed by atoms with Gasteiger partial charge in [0.2, 0.25) is 0 Å². The van der Waals surface area contributed by atoms with E-state index in [1.807, 2.05) is 42.5 Å². The smallest absolute Gasteiger partial charge is 0.189 e. The van der Waals surface area contributed by atoms with Crippen molar-refractivity contribution in [1.82, 2.24) is 0 Å². The minimum Gasteiger partial charge on any atom is -0.362 e. The minimum atomic E-state index is -1.71. The Kier molecular flexibility index (Phi) is 5.16. The van der Waals surface area contributed by atoms with Crippen LogP contribution in [0.25, 0.3) is 10.8 Å². The number of rotatable bonds is 7. The van der Waals surface area contributed by atoms with Crippen LogP contribution in [0.3, 0.4) is 0 Å². The summed E-state index contributed by atoms with van der Waals surface area (Å²) in [5.74, 6) is -1.71. The van der Waals surface area contributed by atoms with Gasteiger partial charge in [-0.2, -0.15) is 0 Å². The molecule has 20 heavy (non-hydrogen) atoms. The van der Waals surface area contributed by atoms with Crippen LogP contribution < -0.4 is 0 Å². The number of hydrogen-bond acceptors (Lipinski definition) is 2. The summed E-state index contributed by atoms with van der Waals surface area (Å²) in [7, 11) is 0. The van der Waals surface area contributed by atoms with Crippen molar-refractivity contribution in [2.75, 3.05) is 0 Å². The number of hydrogen-bond donors (Lipinski definition) is 2. The lowest BCUT2D eigenvalue weighted by molar-refractivity contribution is -0.175. The molecule has 108 valence electrons. The van der Waals surface area contributed by atoms with E-state index in [4.69, 9.17) is 0 Å². The van der Waals surface area contributed by atoms with Crippen molar-refractivity contribution in [2.24, 2.45) is 0 Å². The summed E-state index contributed by atoms with van der Waals surface area (Å²) < 4.78 is 0. The van der Waals surface area contributed by atoms with Crippen LogP contribution in [0.5, 0.6) is 0 Å². The summed E-state index contributed by atoms with van der Waals surface area (Å²) in [6.07, 6.45) is 5.90. The maximum atomic E-state index is 10.3. The summed E-state index contributed by atoms with van der Waals surface area (Å²) in [5.41, 5.74) is 0.590. The fraction of sp³-hybridized carbons (Fsp3) is 0.444. The molecular weight excluding hydrogens is 248 g/mol. The largest absolute Gasteiger partial charge is 0.362 e. The third-order valence-corrected chi connectivity index (χ3v) is 3.84. The van der Waals surface area contributed by atoms with Gasteiger partial charge in [-0.05, 0) is 23.3 Å². The standard InChI is InChI=1S/C18H24O2/c1-2-3-4-5-8-13-18(19,20)17-12-11-15-9-6-7-10-16(15)14-17/h6-7,9-12,14,19-20H,2-5,8,13H2,1H3. The topological polar surface area (TPSA) is 40.5 Å². The Morgan fingerprint density at radius 3 is 2.30 bits per heavy atom. The third-order valence-electron chi connectivity index (χ3n) is 3.84. The van der Waals surface area contributed by atoms with Crippen molar-refractivity contribution in [1.29, 1.82) is 0 Å². The average molecular weight is 272 g/mol. The van der Waals surface area contributed by atoms with Crippen LogP contribution in [0.1, 0.15) is 51.0 Å². The fourth-order valence-electron chi connectivity index (χ4n) is 2.56. The first-order valence-electron chi connectivity index (χ1n) is 7.57. The van der Waals surface area contributed by atoms with Gasteiger partial charge in [0.1, 0.15) is 0 Å². The Balaban J connectivity index is 2.02. The molecule has 0 amide bonds. The second-order valence-electron chi connectivity index (χ2n) is 5.54. The monoisotopic (exact) mass is 272 g/mol. The highest BCUT2D eigenvalue weighted by Crippen LogP contribution is 2.27. The molecule has 2 aromatic carbocycles. The van der Waals surface area contributed by atoms with Gasteiger partial charge >= 0.3 is 0 Å². The zero-order valence-electron chi connectivity index (χ0n) is 12.2. The minimum absolute atomic E-state index is 0.398. The van der Waals surface area contributed by atoms with Gasteiger partial charge in [-0.1, -0.05) is 69.0 Å². The second kappa shape index (κ2) is 6.87. The SMILES string of the molecule is CCCCCCCC(O)(O)c1ccc2ccccc2c1. The van der Waals surface area contributed by atoms with Crippen LogP contribution in [-0.4, -0.2) is 10.2 Å². The van der Waals surface area contributed by atoms with Crippen LogP contribution in [0.4, 0.5) is 0 Å². The van der Waals surface area contributed by atoms with Crippen molar-refractivity contribution in [3.05, 3.63) is 48.0 Å². The summed E-state index contributed by atoms with van der Waals surface area (Å²) in [6.45, 7) is 2.18. The van der Waals surface area contributed by atoms with Gasteiger partial charge in [0.25, 0.3) is 0 Å². The van der Waals surface area contributed by atoms with Crippen LogP contribution >= 0.6 is 0 Å². The number of benzene rings is 2. The molecular formula is C18H24O2. The molecule has 0 saturated heterocycles. The molecule has 0 fully saturated rings. The van der Waals surface area contributed by atoms with E-state index in [1.165, 1.54) is 19.3 Å². The van der Waals surface area contributed by atoms with Crippen LogP contribution in [-0.2, 0) is 5.79 Å². The molecule has 2 nitrogen and oxygen atoms in total. The Morgan fingerprint density at radius 1 is 0.850 bits per heavy atom. The normalized spacial score (nSPS) is 11.9. The van der Waals surface area contributed by atoms with Crippen LogP contribution in [0, 0.1) is 0 Å².